The summed E-state index contributed by atoms with van der Waals surface area (Å²) >= 11 is 1.56. The van der Waals surface area contributed by atoms with Crippen LogP contribution in [-0.4, -0.2) is 43.6 Å². The summed E-state index contributed by atoms with van der Waals surface area (Å²) in [5.41, 5.74) is 3.07. The third-order valence-corrected chi connectivity index (χ3v) is 4.74. The molecule has 0 aliphatic heterocycles. The van der Waals surface area contributed by atoms with Crippen molar-refractivity contribution in [3.8, 4) is 16.3 Å². The minimum Gasteiger partial charge on any atom is -0.485 e. The summed E-state index contributed by atoms with van der Waals surface area (Å²) in [4.78, 5) is 6.69. The summed E-state index contributed by atoms with van der Waals surface area (Å²) in [6.45, 7) is -1.07. The molecular weight excluding hydrogens is 327 g/mol. The van der Waals surface area contributed by atoms with E-state index in [1.807, 2.05) is 31.1 Å². The molecule has 0 bridgehead atoms. The Bertz CT molecular complexity index is 814. The molecule has 1 aromatic heterocycles. The van der Waals surface area contributed by atoms with E-state index in [2.05, 4.69) is 29.2 Å². The first kappa shape index (κ1) is 16.7. The van der Waals surface area contributed by atoms with Crippen molar-refractivity contribution in [2.75, 3.05) is 32.3 Å². The first-order valence-electron chi connectivity index (χ1n) is 7.62. The van der Waals surface area contributed by atoms with Crippen LogP contribution in [0, 0.1) is 0 Å². The fourth-order valence-electron chi connectivity index (χ4n) is 2.31. The highest BCUT2D eigenvalue weighted by molar-refractivity contribution is 7.21. The van der Waals surface area contributed by atoms with E-state index in [0.29, 0.717) is 5.75 Å². The van der Waals surface area contributed by atoms with Crippen molar-refractivity contribution in [3.63, 3.8) is 0 Å². The number of aliphatic hydroxyl groups excluding tert-OH is 1. The van der Waals surface area contributed by atoms with Crippen LogP contribution in [0.4, 0.5) is 10.1 Å². The molecule has 1 heterocycles. The van der Waals surface area contributed by atoms with Crippen LogP contribution in [0.5, 0.6) is 5.75 Å². The van der Waals surface area contributed by atoms with E-state index in [1.165, 1.54) is 0 Å². The van der Waals surface area contributed by atoms with Gasteiger partial charge in [-0.05, 0) is 42.5 Å². The molecule has 4 nitrogen and oxygen atoms in total. The molecule has 3 rings (SSSR count). The standard InChI is InChI=1S/C18H19FN2O2S/c1-21(2)13-5-3-12(4-6-13)18-20-16-8-7-14(9-17(16)24-18)23-15(10-19)11-22/h3-9,15,22H,10-11H2,1-2H3. The number of hydrogen-bond acceptors (Lipinski definition) is 5. The van der Waals surface area contributed by atoms with E-state index in [-0.39, 0.29) is 6.61 Å². The molecule has 0 radical (unpaired) electrons. The van der Waals surface area contributed by atoms with E-state index in [1.54, 1.807) is 17.4 Å². The van der Waals surface area contributed by atoms with E-state index in [4.69, 9.17) is 9.84 Å². The lowest BCUT2D eigenvalue weighted by Crippen LogP contribution is -2.23. The zero-order chi connectivity index (χ0) is 17.1. The first-order valence-corrected chi connectivity index (χ1v) is 8.44. The Balaban J connectivity index is 1.88. The molecule has 0 fully saturated rings. The number of anilines is 1. The van der Waals surface area contributed by atoms with Gasteiger partial charge in [0.25, 0.3) is 0 Å². The van der Waals surface area contributed by atoms with Gasteiger partial charge in [0.1, 0.15) is 23.5 Å². The van der Waals surface area contributed by atoms with Crippen LogP contribution in [0.15, 0.2) is 42.5 Å². The molecule has 2 aromatic carbocycles. The Hall–Kier alpha value is -2.18. The Morgan fingerprint density at radius 3 is 2.58 bits per heavy atom. The molecule has 0 saturated heterocycles. The predicted molar refractivity (Wildman–Crippen MR) is 96.9 cm³/mol. The lowest BCUT2D eigenvalue weighted by atomic mass is 10.2. The number of ether oxygens (including phenoxy) is 1. The fourth-order valence-corrected chi connectivity index (χ4v) is 3.31. The molecule has 1 atom stereocenters. The van der Waals surface area contributed by atoms with Crippen molar-refractivity contribution in [1.29, 1.82) is 0 Å². The third kappa shape index (κ3) is 3.49. The Labute approximate surface area is 144 Å². The van der Waals surface area contributed by atoms with Crippen molar-refractivity contribution < 1.29 is 14.2 Å². The molecule has 126 valence electrons. The smallest absolute Gasteiger partial charge is 0.150 e. The maximum Gasteiger partial charge on any atom is 0.150 e. The first-order chi connectivity index (χ1) is 11.6. The van der Waals surface area contributed by atoms with E-state index in [9.17, 15) is 4.39 Å². The summed E-state index contributed by atoms with van der Waals surface area (Å²) in [6, 6.07) is 13.7. The molecule has 0 aliphatic rings. The van der Waals surface area contributed by atoms with Gasteiger partial charge in [-0.25, -0.2) is 9.37 Å². The van der Waals surface area contributed by atoms with E-state index in [0.717, 1.165) is 26.5 Å². The van der Waals surface area contributed by atoms with Crippen molar-refractivity contribution in [2.24, 2.45) is 0 Å². The fraction of sp³-hybridized carbons (Fsp3) is 0.278. The van der Waals surface area contributed by atoms with Gasteiger partial charge >= 0.3 is 0 Å². The number of aromatic nitrogens is 1. The normalized spacial score (nSPS) is 12.3. The van der Waals surface area contributed by atoms with Crippen LogP contribution >= 0.6 is 11.3 Å². The Kier molecular flexibility index (Phi) is 4.97. The minimum atomic E-state index is -0.826. The van der Waals surface area contributed by atoms with Crippen LogP contribution in [0.1, 0.15) is 0 Å². The highest BCUT2D eigenvalue weighted by atomic mass is 32.1. The average molecular weight is 346 g/mol. The number of hydrogen-bond donors (Lipinski definition) is 1. The van der Waals surface area contributed by atoms with Gasteiger partial charge in [-0.2, -0.15) is 0 Å². The molecule has 0 saturated carbocycles. The Morgan fingerprint density at radius 1 is 1.21 bits per heavy atom. The highest BCUT2D eigenvalue weighted by Gasteiger charge is 2.11. The third-order valence-electron chi connectivity index (χ3n) is 3.67. The van der Waals surface area contributed by atoms with Crippen molar-refractivity contribution >= 4 is 27.2 Å². The zero-order valence-electron chi connectivity index (χ0n) is 13.6. The zero-order valence-corrected chi connectivity index (χ0v) is 14.4. The van der Waals surface area contributed by atoms with Gasteiger partial charge in [0, 0.05) is 25.3 Å². The van der Waals surface area contributed by atoms with Crippen LogP contribution in [-0.2, 0) is 0 Å². The van der Waals surface area contributed by atoms with Crippen LogP contribution in [0.3, 0.4) is 0 Å². The molecule has 0 aliphatic carbocycles. The number of nitrogens with zero attached hydrogens (tertiary/aromatic N) is 2. The summed E-state index contributed by atoms with van der Waals surface area (Å²) < 4.78 is 19.1. The molecule has 0 amide bonds. The number of thiazole rings is 1. The number of aliphatic hydroxyl groups is 1. The predicted octanol–water partition coefficient (Wildman–Crippen LogP) is 3.74. The van der Waals surface area contributed by atoms with Gasteiger partial charge in [0.05, 0.1) is 16.8 Å². The largest absolute Gasteiger partial charge is 0.485 e. The number of benzene rings is 2. The summed E-state index contributed by atoms with van der Waals surface area (Å²) in [5, 5.41) is 9.96. The van der Waals surface area contributed by atoms with Crippen LogP contribution < -0.4 is 9.64 Å². The van der Waals surface area contributed by atoms with Crippen molar-refractivity contribution in [2.45, 2.75) is 6.10 Å². The maximum absolute atomic E-state index is 12.7. The van der Waals surface area contributed by atoms with Crippen LogP contribution in [0.2, 0.25) is 0 Å². The van der Waals surface area contributed by atoms with Gasteiger partial charge < -0.3 is 14.7 Å². The monoisotopic (exact) mass is 346 g/mol. The number of fused-ring (bicyclic) bond motifs is 1. The number of alkyl halides is 1. The van der Waals surface area contributed by atoms with Gasteiger partial charge in [-0.3, -0.25) is 0 Å². The highest BCUT2D eigenvalue weighted by Crippen LogP contribution is 2.33. The summed E-state index contributed by atoms with van der Waals surface area (Å²) in [6.07, 6.45) is -0.826. The van der Waals surface area contributed by atoms with Crippen molar-refractivity contribution in [1.82, 2.24) is 4.98 Å². The molecule has 1 unspecified atom stereocenters. The molecule has 1 N–H and O–H groups in total. The molecule has 0 spiro atoms. The second-order valence-electron chi connectivity index (χ2n) is 5.67. The van der Waals surface area contributed by atoms with Crippen molar-refractivity contribution in [3.05, 3.63) is 42.5 Å². The van der Waals surface area contributed by atoms with Crippen LogP contribution in [0.25, 0.3) is 20.8 Å². The number of rotatable bonds is 6. The SMILES string of the molecule is CN(C)c1ccc(-c2nc3ccc(OC(CO)CF)cc3s2)cc1. The quantitative estimate of drug-likeness (QED) is 0.739. The topological polar surface area (TPSA) is 45.6 Å². The Morgan fingerprint density at radius 2 is 1.96 bits per heavy atom. The van der Waals surface area contributed by atoms with Gasteiger partial charge in [0.15, 0.2) is 0 Å². The van der Waals surface area contributed by atoms with Gasteiger partial charge in [-0.15, -0.1) is 11.3 Å². The lowest BCUT2D eigenvalue weighted by molar-refractivity contribution is 0.0933. The summed E-state index contributed by atoms with van der Waals surface area (Å²) in [5.74, 6) is 0.539. The lowest BCUT2D eigenvalue weighted by Gasteiger charge is -2.12. The van der Waals surface area contributed by atoms with E-state index >= 15 is 0 Å². The molecule has 24 heavy (non-hydrogen) atoms. The second kappa shape index (κ2) is 7.15. The minimum absolute atomic E-state index is 0.347. The van der Waals surface area contributed by atoms with E-state index < -0.39 is 12.8 Å². The molecular formula is C18H19FN2O2S. The molecule has 3 aromatic rings. The molecule has 6 heteroatoms. The number of halogens is 1. The average Bonchev–Trinajstić information content (AvgIpc) is 3.03. The second-order valence-corrected chi connectivity index (χ2v) is 6.70. The maximum atomic E-state index is 12.7. The summed E-state index contributed by atoms with van der Waals surface area (Å²) in [7, 11) is 4.01. The van der Waals surface area contributed by atoms with Gasteiger partial charge in [0.2, 0.25) is 0 Å². The van der Waals surface area contributed by atoms with Gasteiger partial charge in [-0.1, -0.05) is 0 Å².